The first-order valence-corrected chi connectivity index (χ1v) is 11.5. The van der Waals surface area contributed by atoms with Crippen LogP contribution < -0.4 is 0 Å². The Bertz CT molecular complexity index is 553. The summed E-state index contributed by atoms with van der Waals surface area (Å²) in [6.07, 6.45) is 7.01. The van der Waals surface area contributed by atoms with E-state index in [-0.39, 0.29) is 12.6 Å². The maximum atomic E-state index is 11.2. The van der Waals surface area contributed by atoms with Crippen LogP contribution >= 0.6 is 0 Å². The highest BCUT2D eigenvalue weighted by atomic mass is 32.2. The van der Waals surface area contributed by atoms with Gasteiger partial charge >= 0.3 is 5.97 Å². The third-order valence-corrected chi connectivity index (χ3v) is 4.35. The SMILES string of the molecule is COC(=O)CCCCCCCC[C@@H](COS(C)(=O)=O)OS(C)(=O)=O. The molecule has 144 valence electrons. The fourth-order valence-electron chi connectivity index (χ4n) is 2.06. The van der Waals surface area contributed by atoms with Gasteiger partial charge in [-0.05, 0) is 12.8 Å². The van der Waals surface area contributed by atoms with E-state index >= 15 is 0 Å². The summed E-state index contributed by atoms with van der Waals surface area (Å²) >= 11 is 0. The van der Waals surface area contributed by atoms with Crippen molar-refractivity contribution in [2.45, 2.75) is 57.5 Å². The number of methoxy groups -OCH3 is 1. The lowest BCUT2D eigenvalue weighted by atomic mass is 10.1. The van der Waals surface area contributed by atoms with Crippen molar-refractivity contribution in [3.63, 3.8) is 0 Å². The highest BCUT2D eigenvalue weighted by molar-refractivity contribution is 7.86. The molecule has 0 fully saturated rings. The van der Waals surface area contributed by atoms with E-state index < -0.39 is 26.3 Å². The molecule has 0 saturated carbocycles. The first kappa shape index (κ1) is 23.3. The van der Waals surface area contributed by atoms with Gasteiger partial charge in [-0.25, -0.2) is 0 Å². The molecular weight excluding hydrogens is 360 g/mol. The minimum atomic E-state index is -3.68. The van der Waals surface area contributed by atoms with E-state index in [0.29, 0.717) is 19.3 Å². The Morgan fingerprint density at radius 3 is 1.92 bits per heavy atom. The largest absolute Gasteiger partial charge is 0.469 e. The second-order valence-electron chi connectivity index (χ2n) is 5.65. The zero-order valence-corrected chi connectivity index (χ0v) is 16.2. The Labute approximate surface area is 145 Å². The average molecular weight is 389 g/mol. The van der Waals surface area contributed by atoms with Crippen LogP contribution in [-0.4, -0.2) is 55.1 Å². The van der Waals surface area contributed by atoms with Crippen molar-refractivity contribution < 1.29 is 34.7 Å². The smallest absolute Gasteiger partial charge is 0.305 e. The minimum absolute atomic E-state index is 0.207. The second kappa shape index (κ2) is 11.8. The maximum Gasteiger partial charge on any atom is 0.305 e. The number of hydrogen-bond donors (Lipinski definition) is 0. The molecule has 0 unspecified atom stereocenters. The van der Waals surface area contributed by atoms with Gasteiger partial charge in [0.15, 0.2) is 0 Å². The first-order chi connectivity index (χ1) is 11.0. The number of carbonyl (C=O) groups excluding carboxylic acids is 1. The highest BCUT2D eigenvalue weighted by Gasteiger charge is 2.18. The van der Waals surface area contributed by atoms with E-state index in [9.17, 15) is 21.6 Å². The number of carbonyl (C=O) groups is 1. The van der Waals surface area contributed by atoms with Gasteiger partial charge in [-0.3, -0.25) is 13.2 Å². The summed E-state index contributed by atoms with van der Waals surface area (Å²) in [7, 11) is -5.95. The molecule has 0 aromatic rings. The van der Waals surface area contributed by atoms with Gasteiger partial charge in [0.2, 0.25) is 0 Å². The number of ether oxygens (including phenoxy) is 1. The summed E-state index contributed by atoms with van der Waals surface area (Å²) in [5.74, 6) is -0.207. The maximum absolute atomic E-state index is 11.2. The van der Waals surface area contributed by atoms with Crippen LogP contribution in [0.25, 0.3) is 0 Å². The molecule has 10 heteroatoms. The van der Waals surface area contributed by atoms with Gasteiger partial charge in [-0.2, -0.15) is 16.8 Å². The number of rotatable bonds is 14. The molecule has 0 N–H and O–H groups in total. The second-order valence-corrected chi connectivity index (χ2v) is 8.89. The average Bonchev–Trinajstić information content (AvgIpc) is 2.44. The zero-order chi connectivity index (χ0) is 18.6. The molecule has 0 aliphatic rings. The van der Waals surface area contributed by atoms with Gasteiger partial charge in [-0.15, -0.1) is 0 Å². The number of hydrogen-bond acceptors (Lipinski definition) is 8. The van der Waals surface area contributed by atoms with E-state index in [1.54, 1.807) is 0 Å². The molecule has 0 aromatic heterocycles. The van der Waals surface area contributed by atoms with E-state index in [4.69, 9.17) is 4.18 Å². The first-order valence-electron chi connectivity index (χ1n) is 7.83. The van der Waals surface area contributed by atoms with Crippen LogP contribution in [-0.2, 0) is 38.1 Å². The third kappa shape index (κ3) is 16.2. The topological polar surface area (TPSA) is 113 Å². The Morgan fingerprint density at radius 2 is 1.42 bits per heavy atom. The van der Waals surface area contributed by atoms with E-state index in [1.807, 2.05) is 0 Å². The van der Waals surface area contributed by atoms with Gasteiger partial charge in [0.25, 0.3) is 20.2 Å². The summed E-state index contributed by atoms with van der Waals surface area (Å²) < 4.78 is 58.4. The summed E-state index contributed by atoms with van der Waals surface area (Å²) in [5.41, 5.74) is 0. The summed E-state index contributed by atoms with van der Waals surface area (Å²) in [6, 6.07) is 0. The van der Waals surface area contributed by atoms with Gasteiger partial charge in [0.1, 0.15) is 6.10 Å². The van der Waals surface area contributed by atoms with Crippen molar-refractivity contribution >= 4 is 26.2 Å². The molecule has 0 aromatic carbocycles. The van der Waals surface area contributed by atoms with Crippen LogP contribution in [0.15, 0.2) is 0 Å². The van der Waals surface area contributed by atoms with E-state index in [1.165, 1.54) is 7.11 Å². The molecule has 24 heavy (non-hydrogen) atoms. The summed E-state index contributed by atoms with van der Waals surface area (Å²) in [6.45, 7) is -0.314. The number of unbranched alkanes of at least 4 members (excludes halogenated alkanes) is 5. The van der Waals surface area contributed by atoms with E-state index in [0.717, 1.165) is 44.6 Å². The molecule has 0 bridgehead atoms. The molecule has 8 nitrogen and oxygen atoms in total. The third-order valence-electron chi connectivity index (χ3n) is 3.16. The molecule has 0 amide bonds. The van der Waals surface area contributed by atoms with E-state index in [2.05, 4.69) is 8.92 Å². The monoisotopic (exact) mass is 388 g/mol. The van der Waals surface area contributed by atoms with Crippen molar-refractivity contribution in [1.82, 2.24) is 0 Å². The molecule has 0 saturated heterocycles. The number of esters is 1. The van der Waals surface area contributed by atoms with Crippen molar-refractivity contribution in [1.29, 1.82) is 0 Å². The fraction of sp³-hybridized carbons (Fsp3) is 0.929. The summed E-state index contributed by atoms with van der Waals surface area (Å²) in [5, 5.41) is 0. The molecule has 1 atom stereocenters. The van der Waals surface area contributed by atoms with Crippen molar-refractivity contribution in [3.05, 3.63) is 0 Å². The van der Waals surface area contributed by atoms with Crippen LogP contribution in [0.4, 0.5) is 0 Å². The Morgan fingerprint density at radius 1 is 0.875 bits per heavy atom. The lowest BCUT2D eigenvalue weighted by Gasteiger charge is -2.15. The Kier molecular flexibility index (Phi) is 11.4. The highest BCUT2D eigenvalue weighted by Crippen LogP contribution is 2.13. The predicted molar refractivity (Wildman–Crippen MR) is 89.5 cm³/mol. The molecule has 0 spiro atoms. The lowest BCUT2D eigenvalue weighted by molar-refractivity contribution is -0.140. The van der Waals surface area contributed by atoms with Gasteiger partial charge in [0, 0.05) is 6.42 Å². The zero-order valence-electron chi connectivity index (χ0n) is 14.5. The standard InChI is InChI=1S/C14H28O8S2/c1-20-14(15)11-9-7-5-4-6-8-10-13(22-24(3,18)19)12-21-23(2,16)17/h13H,4-12H2,1-3H3/t13-/m0/s1. The van der Waals surface area contributed by atoms with Crippen LogP contribution in [0.5, 0.6) is 0 Å². The van der Waals surface area contributed by atoms with Gasteiger partial charge in [-0.1, -0.05) is 32.1 Å². The Balaban J connectivity index is 3.95. The lowest BCUT2D eigenvalue weighted by Crippen LogP contribution is -2.24. The molecule has 0 aliphatic carbocycles. The van der Waals surface area contributed by atoms with Crippen LogP contribution in [0.1, 0.15) is 51.4 Å². The molecule has 0 aliphatic heterocycles. The van der Waals surface area contributed by atoms with Crippen molar-refractivity contribution in [2.24, 2.45) is 0 Å². The summed E-state index contributed by atoms with van der Waals surface area (Å²) in [4.78, 5) is 10.9. The van der Waals surface area contributed by atoms with Crippen molar-refractivity contribution in [3.8, 4) is 0 Å². The van der Waals surface area contributed by atoms with Gasteiger partial charge in [0.05, 0.1) is 26.2 Å². The quantitative estimate of drug-likeness (QED) is 0.250. The van der Waals surface area contributed by atoms with Crippen LogP contribution in [0.2, 0.25) is 0 Å². The molecule has 0 heterocycles. The van der Waals surface area contributed by atoms with Gasteiger partial charge < -0.3 is 4.74 Å². The molecular formula is C14H28O8S2. The normalized spacial score (nSPS) is 13.6. The van der Waals surface area contributed by atoms with Crippen LogP contribution in [0.3, 0.4) is 0 Å². The minimum Gasteiger partial charge on any atom is -0.469 e. The predicted octanol–water partition coefficient (Wildman–Crippen LogP) is 1.60. The molecule has 0 radical (unpaired) electrons. The fourth-order valence-corrected chi connectivity index (χ4v) is 3.10. The van der Waals surface area contributed by atoms with Crippen molar-refractivity contribution in [2.75, 3.05) is 26.2 Å². The Hall–Kier alpha value is -0.710. The van der Waals surface area contributed by atoms with Crippen LogP contribution in [0, 0.1) is 0 Å². The molecule has 0 rings (SSSR count).